The lowest BCUT2D eigenvalue weighted by atomic mass is 10.1. The van der Waals surface area contributed by atoms with E-state index in [4.69, 9.17) is 0 Å². The zero-order chi connectivity index (χ0) is 21.3. The van der Waals surface area contributed by atoms with Gasteiger partial charge in [0, 0.05) is 23.7 Å². The van der Waals surface area contributed by atoms with Crippen LogP contribution in [-0.2, 0) is 11.3 Å². The van der Waals surface area contributed by atoms with E-state index in [-0.39, 0.29) is 18.4 Å². The molecule has 0 unspecified atom stereocenters. The fourth-order valence-electron chi connectivity index (χ4n) is 3.09. The highest BCUT2D eigenvalue weighted by molar-refractivity contribution is 7.09. The summed E-state index contributed by atoms with van der Waals surface area (Å²) in [5.41, 5.74) is 2.68. The van der Waals surface area contributed by atoms with Gasteiger partial charge in [0.25, 0.3) is 5.91 Å². The Balaban J connectivity index is 1.67. The Bertz CT molecular complexity index is 1010. The number of carbonyl (C=O) groups excluding carboxylic acids is 2. The fourth-order valence-corrected chi connectivity index (χ4v) is 3.84. The van der Waals surface area contributed by atoms with Crippen LogP contribution in [-0.4, -0.2) is 29.8 Å². The number of anilines is 2. The molecule has 0 saturated heterocycles. The second-order valence-corrected chi connectivity index (χ2v) is 7.99. The number of nitrogens with one attached hydrogen (secondary N) is 2. The van der Waals surface area contributed by atoms with Crippen molar-refractivity contribution in [1.29, 1.82) is 0 Å². The highest BCUT2D eigenvalue weighted by atomic mass is 32.1. The molecule has 1 heterocycles. The summed E-state index contributed by atoms with van der Waals surface area (Å²) < 4.78 is 0. The van der Waals surface area contributed by atoms with Crippen molar-refractivity contribution >= 4 is 34.5 Å². The van der Waals surface area contributed by atoms with Gasteiger partial charge < -0.3 is 10.6 Å². The number of thiophene rings is 1. The molecule has 2 N–H and O–H groups in total. The average molecular weight is 420 g/mol. The van der Waals surface area contributed by atoms with E-state index in [0.717, 1.165) is 5.56 Å². The summed E-state index contributed by atoms with van der Waals surface area (Å²) in [6.45, 7) is 7.23. The smallest absolute Gasteiger partial charge is 0.257 e. The number of amides is 2. The van der Waals surface area contributed by atoms with E-state index < -0.39 is 0 Å². The Morgan fingerprint density at radius 3 is 2.63 bits per heavy atom. The predicted molar refractivity (Wildman–Crippen MR) is 124 cm³/mol. The number of hydrogen-bond acceptors (Lipinski definition) is 4. The number of carbonyl (C=O) groups is 2. The highest BCUT2D eigenvalue weighted by Crippen LogP contribution is 2.18. The summed E-state index contributed by atoms with van der Waals surface area (Å²) >= 11 is 1.66. The van der Waals surface area contributed by atoms with E-state index in [1.165, 1.54) is 4.88 Å². The van der Waals surface area contributed by atoms with Crippen LogP contribution >= 0.6 is 11.3 Å². The van der Waals surface area contributed by atoms with Gasteiger partial charge in [-0.15, -0.1) is 17.9 Å². The van der Waals surface area contributed by atoms with E-state index in [1.54, 1.807) is 41.7 Å². The molecule has 5 nitrogen and oxygen atoms in total. The second kappa shape index (κ2) is 10.5. The molecule has 0 aliphatic rings. The predicted octanol–water partition coefficient (Wildman–Crippen LogP) is 4.94. The van der Waals surface area contributed by atoms with Crippen molar-refractivity contribution in [3.63, 3.8) is 0 Å². The number of para-hydroxylation sites is 1. The quantitative estimate of drug-likeness (QED) is 0.483. The molecule has 0 atom stereocenters. The molecule has 6 heteroatoms. The molecule has 0 aliphatic carbocycles. The topological polar surface area (TPSA) is 61.4 Å². The van der Waals surface area contributed by atoms with Crippen molar-refractivity contribution in [2.75, 3.05) is 23.7 Å². The van der Waals surface area contributed by atoms with Crippen LogP contribution in [0, 0.1) is 6.92 Å². The number of hydrogen-bond donors (Lipinski definition) is 2. The van der Waals surface area contributed by atoms with Crippen LogP contribution in [0.2, 0.25) is 0 Å². The van der Waals surface area contributed by atoms with Gasteiger partial charge in [0.05, 0.1) is 17.8 Å². The fraction of sp³-hybridized carbons (Fsp3) is 0.167. The Morgan fingerprint density at radius 2 is 1.90 bits per heavy atom. The molecule has 0 fully saturated rings. The zero-order valence-electron chi connectivity index (χ0n) is 16.9. The average Bonchev–Trinajstić information content (AvgIpc) is 3.21. The first-order valence-electron chi connectivity index (χ1n) is 9.67. The molecule has 0 bridgehead atoms. The van der Waals surface area contributed by atoms with Gasteiger partial charge in [-0.1, -0.05) is 36.4 Å². The Hall–Kier alpha value is -3.22. The Morgan fingerprint density at radius 1 is 1.07 bits per heavy atom. The number of aryl methyl sites for hydroxylation is 1. The van der Waals surface area contributed by atoms with Crippen LogP contribution in [0.4, 0.5) is 11.4 Å². The van der Waals surface area contributed by atoms with Crippen LogP contribution in [0.1, 0.15) is 20.8 Å². The molecule has 2 amide bonds. The first kappa shape index (κ1) is 21.5. The van der Waals surface area contributed by atoms with Gasteiger partial charge in [-0.25, -0.2) is 0 Å². The summed E-state index contributed by atoms with van der Waals surface area (Å²) in [6, 6.07) is 18.6. The third kappa shape index (κ3) is 6.14. The van der Waals surface area contributed by atoms with Crippen molar-refractivity contribution in [3.05, 3.63) is 94.7 Å². The van der Waals surface area contributed by atoms with E-state index in [9.17, 15) is 9.59 Å². The van der Waals surface area contributed by atoms with Crippen molar-refractivity contribution in [2.24, 2.45) is 0 Å². The van der Waals surface area contributed by atoms with Gasteiger partial charge in [-0.3, -0.25) is 14.5 Å². The molecule has 0 spiro atoms. The Kier molecular flexibility index (Phi) is 7.54. The van der Waals surface area contributed by atoms with E-state index in [2.05, 4.69) is 17.2 Å². The molecule has 0 radical (unpaired) electrons. The number of benzene rings is 2. The summed E-state index contributed by atoms with van der Waals surface area (Å²) in [4.78, 5) is 28.7. The molecule has 0 saturated carbocycles. The lowest BCUT2D eigenvalue weighted by Crippen LogP contribution is -2.33. The minimum atomic E-state index is -0.266. The normalized spacial score (nSPS) is 10.6. The van der Waals surface area contributed by atoms with Gasteiger partial charge in [0.2, 0.25) is 5.91 Å². The third-order valence-corrected chi connectivity index (χ3v) is 5.30. The van der Waals surface area contributed by atoms with Crippen molar-refractivity contribution in [3.8, 4) is 0 Å². The van der Waals surface area contributed by atoms with Crippen molar-refractivity contribution < 1.29 is 9.59 Å². The molecule has 3 rings (SSSR count). The molecule has 154 valence electrons. The molecule has 2 aromatic carbocycles. The lowest BCUT2D eigenvalue weighted by Gasteiger charge is -2.20. The molecular formula is C24H25N3O2S. The maximum absolute atomic E-state index is 12.8. The second-order valence-electron chi connectivity index (χ2n) is 6.96. The molecule has 30 heavy (non-hydrogen) atoms. The van der Waals surface area contributed by atoms with E-state index in [0.29, 0.717) is 30.0 Å². The standard InChI is InChI=1S/C24H25N3O2S/c1-3-13-27(16-20-10-7-14-30-20)17-23(28)26-22-12-5-4-11-21(22)24(29)25-19-9-6-8-18(2)15-19/h3-12,14-15H,1,13,16-17H2,2H3,(H,25,29)(H,26,28). The van der Waals surface area contributed by atoms with Gasteiger partial charge in [0.15, 0.2) is 0 Å². The molecule has 3 aromatic rings. The maximum Gasteiger partial charge on any atom is 0.257 e. The first-order valence-corrected chi connectivity index (χ1v) is 10.6. The lowest BCUT2D eigenvalue weighted by molar-refractivity contribution is -0.117. The third-order valence-electron chi connectivity index (χ3n) is 4.44. The van der Waals surface area contributed by atoms with Crippen LogP contribution in [0.5, 0.6) is 0 Å². The molecular weight excluding hydrogens is 394 g/mol. The first-order chi connectivity index (χ1) is 14.5. The number of nitrogens with zero attached hydrogens (tertiary/aromatic N) is 1. The van der Waals surface area contributed by atoms with Crippen LogP contribution < -0.4 is 10.6 Å². The summed E-state index contributed by atoms with van der Waals surface area (Å²) in [6.07, 6.45) is 1.78. The van der Waals surface area contributed by atoms with Crippen molar-refractivity contribution in [1.82, 2.24) is 4.90 Å². The van der Waals surface area contributed by atoms with E-state index in [1.807, 2.05) is 53.6 Å². The van der Waals surface area contributed by atoms with Crippen molar-refractivity contribution in [2.45, 2.75) is 13.5 Å². The van der Waals surface area contributed by atoms with Crippen LogP contribution in [0.25, 0.3) is 0 Å². The van der Waals surface area contributed by atoms with Crippen LogP contribution in [0.15, 0.2) is 78.7 Å². The molecule has 0 aliphatic heterocycles. The summed E-state index contributed by atoms with van der Waals surface area (Å²) in [5.74, 6) is -0.442. The van der Waals surface area contributed by atoms with Gasteiger partial charge in [-0.05, 0) is 48.2 Å². The van der Waals surface area contributed by atoms with Gasteiger partial charge in [0.1, 0.15) is 0 Å². The van der Waals surface area contributed by atoms with Gasteiger partial charge in [-0.2, -0.15) is 0 Å². The van der Waals surface area contributed by atoms with E-state index >= 15 is 0 Å². The largest absolute Gasteiger partial charge is 0.324 e. The summed E-state index contributed by atoms with van der Waals surface area (Å²) in [7, 11) is 0. The van der Waals surface area contributed by atoms with Gasteiger partial charge >= 0.3 is 0 Å². The SMILES string of the molecule is C=CCN(CC(=O)Nc1ccccc1C(=O)Nc1cccc(C)c1)Cc1cccs1. The summed E-state index contributed by atoms with van der Waals surface area (Å²) in [5, 5.41) is 7.79. The minimum Gasteiger partial charge on any atom is -0.324 e. The highest BCUT2D eigenvalue weighted by Gasteiger charge is 2.16. The van der Waals surface area contributed by atoms with Crippen LogP contribution in [0.3, 0.4) is 0 Å². The molecule has 1 aromatic heterocycles. The Labute approximate surface area is 181 Å². The maximum atomic E-state index is 12.8. The monoisotopic (exact) mass is 419 g/mol. The zero-order valence-corrected chi connectivity index (χ0v) is 17.7. The minimum absolute atomic E-state index is 0.177. The number of rotatable bonds is 9.